The minimum absolute atomic E-state index is 0. The van der Waals surface area contributed by atoms with Crippen LogP contribution in [0.5, 0.6) is 0 Å². The third-order valence-corrected chi connectivity index (χ3v) is 4.35. The Morgan fingerprint density at radius 1 is 1.13 bits per heavy atom. The number of unbranched alkanes of at least 4 members (excludes halogenated alkanes) is 1. The molecule has 1 fully saturated rings. The minimum Gasteiger partial charge on any atom is -1.00 e. The zero-order valence-corrected chi connectivity index (χ0v) is 18.2. The molecule has 3 aliphatic rings. The van der Waals surface area contributed by atoms with Gasteiger partial charge in [0.05, 0.1) is 0 Å². The Morgan fingerprint density at radius 3 is 2.39 bits per heavy atom. The summed E-state index contributed by atoms with van der Waals surface area (Å²) < 4.78 is 0. The fourth-order valence-electron chi connectivity index (χ4n) is 3.12. The smallest absolute Gasteiger partial charge is 1.00 e. The van der Waals surface area contributed by atoms with E-state index in [1.54, 1.807) is 11.1 Å². The van der Waals surface area contributed by atoms with Crippen molar-refractivity contribution < 1.29 is 51.0 Å². The summed E-state index contributed by atoms with van der Waals surface area (Å²) in [5, 5.41) is 0. The van der Waals surface area contributed by atoms with Crippen LogP contribution in [-0.4, -0.2) is 0 Å². The Bertz CT molecular complexity index is 392. The molecule has 0 unspecified atom stereocenters. The van der Waals surface area contributed by atoms with Crippen LogP contribution in [0.4, 0.5) is 0 Å². The summed E-state index contributed by atoms with van der Waals surface area (Å²) >= 11 is 0. The van der Waals surface area contributed by atoms with Crippen LogP contribution >= 0.6 is 0 Å². The molecule has 3 heteroatoms. The molecular weight excluding hydrogens is 402 g/mol. The second-order valence-electron chi connectivity index (χ2n) is 6.03. The Balaban J connectivity index is 0. The van der Waals surface area contributed by atoms with Crippen LogP contribution in [0.25, 0.3) is 0 Å². The number of rotatable bonds is 4. The summed E-state index contributed by atoms with van der Waals surface area (Å²) in [6, 6.07) is 0. The second-order valence-corrected chi connectivity index (χ2v) is 6.03. The summed E-state index contributed by atoms with van der Waals surface area (Å²) in [5.74, 6) is 0.859. The maximum atomic E-state index is 3.67. The van der Waals surface area contributed by atoms with E-state index in [1.165, 1.54) is 57.8 Å². The van der Waals surface area contributed by atoms with Gasteiger partial charge in [0.25, 0.3) is 0 Å². The monoisotopic (exact) mass is 428 g/mol. The quantitative estimate of drug-likeness (QED) is 0.557. The van der Waals surface area contributed by atoms with Crippen molar-refractivity contribution in [3.05, 3.63) is 47.6 Å². The Hall–Kier alpha value is 0.423. The van der Waals surface area contributed by atoms with Gasteiger partial charge >= 0.3 is 26.2 Å². The second kappa shape index (κ2) is 15.9. The van der Waals surface area contributed by atoms with E-state index in [0.717, 1.165) is 12.3 Å². The molecule has 0 saturated heterocycles. The molecule has 1 saturated carbocycles. The van der Waals surface area contributed by atoms with Crippen molar-refractivity contribution in [2.24, 2.45) is 5.92 Å². The SMILES string of the molecule is CCCCC1=[C-]C(C2CCCCC2)=CC1.[C-]1=CC=CC1.[Cl-].[Cl-].[Zr+4]. The first kappa shape index (κ1) is 25.7. The molecule has 0 heterocycles. The van der Waals surface area contributed by atoms with E-state index in [9.17, 15) is 0 Å². The van der Waals surface area contributed by atoms with Gasteiger partial charge in [0.1, 0.15) is 0 Å². The van der Waals surface area contributed by atoms with E-state index in [1.807, 2.05) is 12.2 Å². The largest absolute Gasteiger partial charge is 4.00 e. The first-order chi connectivity index (χ1) is 9.90. The molecule has 0 aliphatic heterocycles. The minimum atomic E-state index is 0. The normalized spacial score (nSPS) is 18.7. The molecule has 0 aromatic heterocycles. The van der Waals surface area contributed by atoms with Gasteiger partial charge in [0, 0.05) is 0 Å². The Morgan fingerprint density at radius 2 is 1.87 bits per heavy atom. The van der Waals surface area contributed by atoms with Crippen LogP contribution in [0.15, 0.2) is 35.5 Å². The van der Waals surface area contributed by atoms with Crippen molar-refractivity contribution in [1.29, 1.82) is 0 Å². The molecule has 0 aromatic rings. The van der Waals surface area contributed by atoms with Gasteiger partial charge in [-0.2, -0.15) is 11.6 Å². The van der Waals surface area contributed by atoms with Crippen LogP contribution in [0.2, 0.25) is 0 Å². The molecule has 0 nitrogen and oxygen atoms in total. The fourth-order valence-corrected chi connectivity index (χ4v) is 3.12. The Labute approximate surface area is 174 Å². The molecule has 3 rings (SSSR count). The van der Waals surface area contributed by atoms with Gasteiger partial charge in [0.15, 0.2) is 0 Å². The zero-order valence-electron chi connectivity index (χ0n) is 14.2. The maximum Gasteiger partial charge on any atom is 4.00 e. The van der Waals surface area contributed by atoms with Crippen molar-refractivity contribution >= 4 is 0 Å². The summed E-state index contributed by atoms with van der Waals surface area (Å²) in [6.07, 6.45) is 28.4. The molecule has 0 aromatic carbocycles. The van der Waals surface area contributed by atoms with E-state index in [-0.39, 0.29) is 51.0 Å². The van der Waals surface area contributed by atoms with Crippen LogP contribution in [0.3, 0.4) is 0 Å². The van der Waals surface area contributed by atoms with E-state index < -0.39 is 0 Å². The Kier molecular flexibility index (Phi) is 17.8. The van der Waals surface area contributed by atoms with Gasteiger partial charge in [0.2, 0.25) is 0 Å². The average Bonchev–Trinajstić information content (AvgIpc) is 3.20. The molecule has 23 heavy (non-hydrogen) atoms. The average molecular weight is 431 g/mol. The van der Waals surface area contributed by atoms with Crippen LogP contribution in [-0.2, 0) is 26.2 Å². The molecule has 3 aliphatic carbocycles. The number of halogens is 2. The predicted octanol–water partition coefficient (Wildman–Crippen LogP) is 0.128. The van der Waals surface area contributed by atoms with Crippen LogP contribution in [0, 0.1) is 18.1 Å². The van der Waals surface area contributed by atoms with E-state index in [0.29, 0.717) is 0 Å². The maximum absolute atomic E-state index is 3.67. The fraction of sp³-hybridized carbons (Fsp3) is 0.600. The van der Waals surface area contributed by atoms with Crippen molar-refractivity contribution in [3.63, 3.8) is 0 Å². The molecular formula is C20H28Cl2Zr. The summed E-state index contributed by atoms with van der Waals surface area (Å²) in [7, 11) is 0. The number of hydrogen-bond donors (Lipinski definition) is 0. The van der Waals surface area contributed by atoms with E-state index in [2.05, 4.69) is 31.2 Å². The first-order valence-electron chi connectivity index (χ1n) is 8.43. The standard InChI is InChI=1S/C15H23.C5H5.2ClH.Zr/c1-2-3-7-13-10-11-15(12-13)14-8-5-4-6-9-14;1-2-4-5-3-1;;;/h11,14H,2-10H2,1H3;1-3H,4H2;2*1H;/q2*-1;;;+4/p-2. The zero-order chi connectivity index (χ0) is 14.0. The van der Waals surface area contributed by atoms with Gasteiger partial charge < -0.3 is 24.8 Å². The van der Waals surface area contributed by atoms with Crippen LogP contribution < -0.4 is 24.8 Å². The van der Waals surface area contributed by atoms with Crippen molar-refractivity contribution in [2.75, 3.05) is 0 Å². The van der Waals surface area contributed by atoms with Gasteiger partial charge in [-0.05, 0) is 18.8 Å². The van der Waals surface area contributed by atoms with Gasteiger partial charge in [-0.3, -0.25) is 6.08 Å². The first-order valence-corrected chi connectivity index (χ1v) is 8.43. The molecule has 0 bridgehead atoms. The van der Waals surface area contributed by atoms with E-state index in [4.69, 9.17) is 0 Å². The molecule has 0 spiro atoms. The molecule has 0 amide bonds. The van der Waals surface area contributed by atoms with Crippen molar-refractivity contribution in [3.8, 4) is 0 Å². The summed E-state index contributed by atoms with van der Waals surface area (Å²) in [4.78, 5) is 0. The third kappa shape index (κ3) is 10.1. The molecule has 0 N–H and O–H groups in total. The van der Waals surface area contributed by atoms with Crippen molar-refractivity contribution in [2.45, 2.75) is 71.1 Å². The van der Waals surface area contributed by atoms with Crippen molar-refractivity contribution in [1.82, 2.24) is 0 Å². The van der Waals surface area contributed by atoms with Gasteiger partial charge in [-0.15, -0.1) is 6.42 Å². The third-order valence-electron chi connectivity index (χ3n) is 4.35. The number of allylic oxidation sites excluding steroid dienone is 8. The summed E-state index contributed by atoms with van der Waals surface area (Å²) in [5.41, 5.74) is 3.12. The number of hydrogen-bond acceptors (Lipinski definition) is 0. The van der Waals surface area contributed by atoms with Gasteiger partial charge in [-0.25, -0.2) is 29.9 Å². The topological polar surface area (TPSA) is 0 Å². The van der Waals surface area contributed by atoms with Gasteiger partial charge in [-0.1, -0.05) is 51.9 Å². The van der Waals surface area contributed by atoms with Crippen LogP contribution in [0.1, 0.15) is 71.1 Å². The predicted molar refractivity (Wildman–Crippen MR) is 87.1 cm³/mol. The molecule has 0 atom stereocenters. The molecule has 0 radical (unpaired) electrons. The summed E-state index contributed by atoms with van der Waals surface area (Å²) in [6.45, 7) is 2.27. The molecule has 126 valence electrons. The van der Waals surface area contributed by atoms with E-state index >= 15 is 0 Å².